The van der Waals surface area contributed by atoms with Crippen molar-refractivity contribution in [1.29, 1.82) is 0 Å². The van der Waals surface area contributed by atoms with Crippen LogP contribution in [-0.2, 0) is 11.2 Å². The lowest BCUT2D eigenvalue weighted by atomic mass is 10.1. The average Bonchev–Trinajstić information content (AvgIpc) is 2.82. The number of anilines is 5. The van der Waals surface area contributed by atoms with Crippen LogP contribution in [0.15, 0.2) is 84.9 Å². The van der Waals surface area contributed by atoms with Crippen LogP contribution >= 0.6 is 0 Å². The lowest BCUT2D eigenvalue weighted by molar-refractivity contribution is -0.116. The van der Waals surface area contributed by atoms with Crippen molar-refractivity contribution in [2.75, 3.05) is 16.0 Å². The number of aryl methyl sites for hydroxylation is 3. The van der Waals surface area contributed by atoms with Gasteiger partial charge in [-0.3, -0.25) is 4.79 Å². The Morgan fingerprint density at radius 2 is 1.29 bits per heavy atom. The summed E-state index contributed by atoms with van der Waals surface area (Å²) in [5.41, 5.74) is 5.08. The molecule has 0 aliphatic heterocycles. The van der Waals surface area contributed by atoms with Crippen molar-refractivity contribution in [1.82, 2.24) is 9.97 Å². The third-order valence-electron chi connectivity index (χ3n) is 5.32. The molecule has 3 N–H and O–H groups in total. The van der Waals surface area contributed by atoms with E-state index >= 15 is 0 Å². The van der Waals surface area contributed by atoms with E-state index in [1.165, 1.54) is 11.1 Å². The zero-order valence-corrected chi connectivity index (χ0v) is 19.5. The van der Waals surface area contributed by atoms with Gasteiger partial charge in [0.25, 0.3) is 0 Å². The molecule has 0 fully saturated rings. The van der Waals surface area contributed by atoms with Crippen LogP contribution in [0.4, 0.5) is 28.7 Å². The molecular weight excluding hydrogens is 422 g/mol. The maximum Gasteiger partial charge on any atom is 0.224 e. The van der Waals surface area contributed by atoms with Gasteiger partial charge in [0.2, 0.25) is 5.91 Å². The fourth-order valence-electron chi connectivity index (χ4n) is 3.59. The first-order valence-electron chi connectivity index (χ1n) is 11.4. The number of nitrogens with zero attached hydrogens (tertiary/aromatic N) is 2. The van der Waals surface area contributed by atoms with Crippen molar-refractivity contribution in [3.05, 3.63) is 102 Å². The molecule has 0 unspecified atom stereocenters. The van der Waals surface area contributed by atoms with Crippen LogP contribution in [0.5, 0.6) is 0 Å². The summed E-state index contributed by atoms with van der Waals surface area (Å²) in [5, 5.41) is 9.59. The summed E-state index contributed by atoms with van der Waals surface area (Å²) >= 11 is 0. The lowest BCUT2D eigenvalue weighted by Crippen LogP contribution is -2.11. The van der Waals surface area contributed by atoms with E-state index < -0.39 is 0 Å². The van der Waals surface area contributed by atoms with Crippen molar-refractivity contribution in [2.24, 2.45) is 0 Å². The predicted molar refractivity (Wildman–Crippen MR) is 139 cm³/mol. The monoisotopic (exact) mass is 451 g/mol. The lowest BCUT2D eigenvalue weighted by Gasteiger charge is -2.11. The van der Waals surface area contributed by atoms with Gasteiger partial charge in [-0.2, -0.15) is 0 Å². The number of benzene rings is 3. The number of amides is 1. The quantitative estimate of drug-likeness (QED) is 0.269. The number of aromatic nitrogens is 2. The van der Waals surface area contributed by atoms with E-state index in [-0.39, 0.29) is 5.91 Å². The summed E-state index contributed by atoms with van der Waals surface area (Å²) < 4.78 is 0. The molecule has 172 valence electrons. The summed E-state index contributed by atoms with van der Waals surface area (Å²) in [4.78, 5) is 21.2. The molecule has 1 aromatic heterocycles. The number of nitrogens with one attached hydrogen (secondary N) is 3. The molecule has 0 radical (unpaired) electrons. The Labute approximate surface area is 200 Å². The van der Waals surface area contributed by atoms with E-state index in [9.17, 15) is 4.79 Å². The number of rotatable bonds is 9. The minimum Gasteiger partial charge on any atom is -0.340 e. The molecule has 4 aromatic rings. The van der Waals surface area contributed by atoms with Gasteiger partial charge in [-0.05, 0) is 68.7 Å². The molecule has 0 atom stereocenters. The first-order chi connectivity index (χ1) is 16.5. The van der Waals surface area contributed by atoms with Gasteiger partial charge in [-0.25, -0.2) is 9.97 Å². The van der Waals surface area contributed by atoms with Crippen molar-refractivity contribution in [3.8, 4) is 0 Å². The third kappa shape index (κ3) is 6.90. The summed E-state index contributed by atoms with van der Waals surface area (Å²) in [6.45, 7) is 3.92. The normalized spacial score (nSPS) is 10.5. The van der Waals surface area contributed by atoms with Gasteiger partial charge in [0.1, 0.15) is 17.5 Å². The highest BCUT2D eigenvalue weighted by Crippen LogP contribution is 2.22. The van der Waals surface area contributed by atoms with E-state index in [0.717, 1.165) is 35.7 Å². The maximum atomic E-state index is 12.3. The number of hydrogen-bond acceptors (Lipinski definition) is 5. The largest absolute Gasteiger partial charge is 0.340 e. The Morgan fingerprint density at radius 1 is 0.735 bits per heavy atom. The molecule has 0 bridgehead atoms. The molecule has 0 saturated carbocycles. The first-order valence-corrected chi connectivity index (χ1v) is 11.4. The Balaban J connectivity index is 1.31. The SMILES string of the molecule is Cc1ccc(Nc2cc(Nc3ccc(NC(=O)CCCc4ccccc4)cc3)nc(C)n2)cc1. The van der Waals surface area contributed by atoms with Gasteiger partial charge in [-0.15, -0.1) is 0 Å². The summed E-state index contributed by atoms with van der Waals surface area (Å²) in [7, 11) is 0. The van der Waals surface area contributed by atoms with Crippen LogP contribution < -0.4 is 16.0 Å². The van der Waals surface area contributed by atoms with E-state index in [2.05, 4.69) is 57.1 Å². The molecule has 3 aromatic carbocycles. The van der Waals surface area contributed by atoms with Crippen LogP contribution in [0.1, 0.15) is 29.8 Å². The van der Waals surface area contributed by atoms with Gasteiger partial charge in [0.15, 0.2) is 0 Å². The Kier molecular flexibility index (Phi) is 7.50. The molecule has 0 aliphatic rings. The fraction of sp³-hybridized carbons (Fsp3) is 0.179. The minimum atomic E-state index is 0.0230. The molecule has 4 rings (SSSR count). The van der Waals surface area contributed by atoms with E-state index in [1.54, 1.807) is 0 Å². The number of hydrogen-bond donors (Lipinski definition) is 3. The van der Waals surface area contributed by atoms with E-state index in [0.29, 0.717) is 18.1 Å². The maximum absolute atomic E-state index is 12.3. The predicted octanol–water partition coefficient (Wildman–Crippen LogP) is 6.54. The summed E-state index contributed by atoms with van der Waals surface area (Å²) in [6.07, 6.45) is 2.21. The second-order valence-electron chi connectivity index (χ2n) is 8.27. The molecule has 1 heterocycles. The van der Waals surface area contributed by atoms with Crippen molar-refractivity contribution in [3.63, 3.8) is 0 Å². The Hall–Kier alpha value is -4.19. The first kappa shape index (κ1) is 23.0. The highest BCUT2D eigenvalue weighted by Gasteiger charge is 2.06. The zero-order valence-electron chi connectivity index (χ0n) is 19.5. The second-order valence-corrected chi connectivity index (χ2v) is 8.27. The van der Waals surface area contributed by atoms with Crippen molar-refractivity contribution >= 4 is 34.6 Å². The fourth-order valence-corrected chi connectivity index (χ4v) is 3.59. The van der Waals surface area contributed by atoms with Gasteiger partial charge < -0.3 is 16.0 Å². The van der Waals surface area contributed by atoms with Gasteiger partial charge in [-0.1, -0.05) is 48.0 Å². The molecule has 0 saturated heterocycles. The van der Waals surface area contributed by atoms with Crippen LogP contribution in [-0.4, -0.2) is 15.9 Å². The van der Waals surface area contributed by atoms with Crippen LogP contribution in [0.25, 0.3) is 0 Å². The molecule has 6 nitrogen and oxygen atoms in total. The molecule has 0 spiro atoms. The van der Waals surface area contributed by atoms with E-state index in [4.69, 9.17) is 0 Å². The van der Waals surface area contributed by atoms with Gasteiger partial charge in [0.05, 0.1) is 0 Å². The third-order valence-corrected chi connectivity index (χ3v) is 5.32. The van der Waals surface area contributed by atoms with Crippen LogP contribution in [0.2, 0.25) is 0 Å². The average molecular weight is 452 g/mol. The van der Waals surface area contributed by atoms with Crippen LogP contribution in [0, 0.1) is 13.8 Å². The van der Waals surface area contributed by atoms with Crippen molar-refractivity contribution < 1.29 is 4.79 Å². The minimum absolute atomic E-state index is 0.0230. The molecule has 0 aliphatic carbocycles. The second kappa shape index (κ2) is 11.1. The highest BCUT2D eigenvalue weighted by atomic mass is 16.1. The number of carbonyl (C=O) groups is 1. The molecule has 1 amide bonds. The van der Waals surface area contributed by atoms with Gasteiger partial charge in [0, 0.05) is 29.5 Å². The topological polar surface area (TPSA) is 78.9 Å². The van der Waals surface area contributed by atoms with E-state index in [1.807, 2.05) is 67.6 Å². The smallest absolute Gasteiger partial charge is 0.224 e. The summed E-state index contributed by atoms with van der Waals surface area (Å²) in [6, 6.07) is 27.9. The van der Waals surface area contributed by atoms with Crippen LogP contribution in [0.3, 0.4) is 0 Å². The Bertz CT molecular complexity index is 1220. The summed E-state index contributed by atoms with van der Waals surface area (Å²) in [5.74, 6) is 2.10. The number of carbonyl (C=O) groups excluding carboxylic acids is 1. The van der Waals surface area contributed by atoms with Crippen molar-refractivity contribution in [2.45, 2.75) is 33.1 Å². The Morgan fingerprint density at radius 3 is 1.91 bits per heavy atom. The molecule has 34 heavy (non-hydrogen) atoms. The molecular formula is C28H29N5O. The molecule has 6 heteroatoms. The standard InChI is InChI=1S/C28H29N5O/c1-20-11-13-23(14-12-20)31-26-19-27(30-21(2)29-26)32-24-15-17-25(18-16-24)33-28(34)10-6-9-22-7-4-3-5-8-22/h3-5,7-8,11-19H,6,9-10H2,1-2H3,(H,33,34)(H2,29,30,31,32). The highest BCUT2D eigenvalue weighted by molar-refractivity contribution is 5.90. The van der Waals surface area contributed by atoms with Gasteiger partial charge >= 0.3 is 0 Å². The zero-order chi connectivity index (χ0) is 23.8.